The first-order valence-corrected chi connectivity index (χ1v) is 12.0. The number of nitrogens with zero attached hydrogens (tertiary/aromatic N) is 2. The molecule has 1 N–H and O–H groups in total. The summed E-state index contributed by atoms with van der Waals surface area (Å²) in [7, 11) is 4.13. The van der Waals surface area contributed by atoms with E-state index in [1.165, 1.54) is 16.8 Å². The van der Waals surface area contributed by atoms with Crippen LogP contribution in [0.5, 0.6) is 0 Å². The number of likely N-dealkylation sites (tertiary alicyclic amines) is 1. The molecule has 4 heteroatoms. The van der Waals surface area contributed by atoms with Crippen LogP contribution in [0.25, 0.3) is 6.08 Å². The number of rotatable bonds is 9. The van der Waals surface area contributed by atoms with Gasteiger partial charge in [0.2, 0.25) is 5.91 Å². The Labute approximate surface area is 193 Å². The number of benzene rings is 2. The topological polar surface area (TPSA) is 35.6 Å². The minimum atomic E-state index is 0.243. The Morgan fingerprint density at radius 2 is 1.81 bits per heavy atom. The molecular weight excluding hydrogens is 394 g/mol. The zero-order valence-corrected chi connectivity index (χ0v) is 19.6. The van der Waals surface area contributed by atoms with E-state index in [0.717, 1.165) is 58.3 Å². The number of hydrogen-bond donors (Lipinski definition) is 1. The summed E-state index contributed by atoms with van der Waals surface area (Å²) in [5.41, 5.74) is 4.10. The minimum Gasteiger partial charge on any atom is -0.378 e. The Bertz CT molecular complexity index is 896. The molecule has 1 aliphatic carbocycles. The van der Waals surface area contributed by atoms with Crippen molar-refractivity contribution in [3.8, 4) is 0 Å². The SMILES string of the molecule is CN(C)c1ccc(/C=C/CN2CCC3(CC2)CC3C(=O)NCCCc2ccccc2)cc1. The zero-order chi connectivity index (χ0) is 22.4. The predicted molar refractivity (Wildman–Crippen MR) is 134 cm³/mol. The number of aryl methyl sites for hydroxylation is 1. The van der Waals surface area contributed by atoms with Crippen molar-refractivity contribution >= 4 is 17.7 Å². The number of nitrogens with one attached hydrogen (secondary N) is 1. The number of carbonyl (C=O) groups excluding carboxylic acids is 1. The molecule has 2 aromatic carbocycles. The van der Waals surface area contributed by atoms with Crippen molar-refractivity contribution in [2.24, 2.45) is 11.3 Å². The second kappa shape index (κ2) is 10.4. The summed E-state index contributed by atoms with van der Waals surface area (Å²) in [6.45, 7) is 3.97. The third-order valence-electron chi connectivity index (χ3n) is 7.23. The van der Waals surface area contributed by atoms with Crippen LogP contribution < -0.4 is 10.2 Å². The molecule has 1 saturated heterocycles. The first-order valence-electron chi connectivity index (χ1n) is 12.0. The van der Waals surface area contributed by atoms with E-state index in [1.807, 2.05) is 6.07 Å². The summed E-state index contributed by atoms with van der Waals surface area (Å²) in [5.74, 6) is 0.528. The molecule has 1 amide bonds. The fraction of sp³-hybridized carbons (Fsp3) is 0.464. The monoisotopic (exact) mass is 431 g/mol. The molecule has 1 heterocycles. The molecule has 170 valence electrons. The third-order valence-corrected chi connectivity index (χ3v) is 7.23. The lowest BCUT2D eigenvalue weighted by molar-refractivity contribution is -0.123. The molecule has 2 fully saturated rings. The number of anilines is 1. The maximum atomic E-state index is 12.6. The molecule has 1 atom stereocenters. The van der Waals surface area contributed by atoms with Gasteiger partial charge in [-0.05, 0) is 73.9 Å². The second-order valence-electron chi connectivity index (χ2n) is 9.69. The van der Waals surface area contributed by atoms with Crippen LogP contribution in [-0.4, -0.2) is 51.1 Å². The van der Waals surface area contributed by atoms with Gasteiger partial charge in [0, 0.05) is 38.8 Å². The van der Waals surface area contributed by atoms with Crippen LogP contribution in [0.2, 0.25) is 0 Å². The molecule has 1 unspecified atom stereocenters. The van der Waals surface area contributed by atoms with Gasteiger partial charge in [0.1, 0.15) is 0 Å². The molecule has 0 bridgehead atoms. The molecule has 4 nitrogen and oxygen atoms in total. The Morgan fingerprint density at radius 3 is 2.50 bits per heavy atom. The third kappa shape index (κ3) is 5.80. The van der Waals surface area contributed by atoms with Gasteiger partial charge in [-0.3, -0.25) is 9.69 Å². The first kappa shape index (κ1) is 22.6. The molecule has 1 saturated carbocycles. The van der Waals surface area contributed by atoms with Crippen molar-refractivity contribution in [3.05, 3.63) is 71.8 Å². The molecule has 4 rings (SSSR count). The number of hydrogen-bond acceptors (Lipinski definition) is 3. The molecule has 1 aliphatic heterocycles. The highest BCUT2D eigenvalue weighted by Gasteiger charge is 2.58. The number of amides is 1. The Hall–Kier alpha value is -2.59. The fourth-order valence-electron chi connectivity index (χ4n) is 4.95. The van der Waals surface area contributed by atoms with Crippen molar-refractivity contribution in [3.63, 3.8) is 0 Å². The highest BCUT2D eigenvalue weighted by Crippen LogP contribution is 2.59. The molecule has 32 heavy (non-hydrogen) atoms. The predicted octanol–water partition coefficient (Wildman–Crippen LogP) is 4.62. The van der Waals surface area contributed by atoms with E-state index in [1.54, 1.807) is 0 Å². The summed E-state index contributed by atoms with van der Waals surface area (Å²) in [4.78, 5) is 17.3. The summed E-state index contributed by atoms with van der Waals surface area (Å²) in [5, 5.41) is 3.19. The summed E-state index contributed by atoms with van der Waals surface area (Å²) in [6, 6.07) is 19.2. The van der Waals surface area contributed by atoms with Gasteiger partial charge in [0.15, 0.2) is 0 Å². The highest BCUT2D eigenvalue weighted by atomic mass is 16.2. The van der Waals surface area contributed by atoms with E-state index in [9.17, 15) is 4.79 Å². The van der Waals surface area contributed by atoms with E-state index in [-0.39, 0.29) is 17.2 Å². The summed E-state index contributed by atoms with van der Waals surface area (Å²) >= 11 is 0. The lowest BCUT2D eigenvalue weighted by Gasteiger charge is -2.32. The van der Waals surface area contributed by atoms with Crippen LogP contribution in [0.4, 0.5) is 5.69 Å². The Balaban J connectivity index is 1.14. The van der Waals surface area contributed by atoms with Crippen molar-refractivity contribution in [2.75, 3.05) is 45.2 Å². The van der Waals surface area contributed by atoms with E-state index >= 15 is 0 Å². The van der Waals surface area contributed by atoms with Crippen LogP contribution >= 0.6 is 0 Å². The van der Waals surface area contributed by atoms with Crippen LogP contribution in [0.3, 0.4) is 0 Å². The standard InChI is InChI=1S/C28H37N3O/c1-30(2)25-14-12-24(13-15-25)11-7-19-31-20-16-28(17-21-31)22-26(28)27(32)29-18-6-10-23-8-4-3-5-9-23/h3-5,7-9,11-15,26H,6,10,16-22H2,1-2H3,(H,29,32)/b11-7+. The number of carbonyl (C=O) groups is 1. The molecule has 0 radical (unpaired) electrons. The largest absolute Gasteiger partial charge is 0.378 e. The average Bonchev–Trinajstić information content (AvgIpc) is 3.52. The van der Waals surface area contributed by atoms with Crippen molar-refractivity contribution in [1.82, 2.24) is 10.2 Å². The van der Waals surface area contributed by atoms with Gasteiger partial charge < -0.3 is 10.2 Å². The molecule has 2 aromatic rings. The lowest BCUT2D eigenvalue weighted by atomic mass is 9.90. The normalized spacial score (nSPS) is 19.9. The van der Waals surface area contributed by atoms with Crippen LogP contribution in [0.1, 0.15) is 36.8 Å². The van der Waals surface area contributed by atoms with E-state index in [4.69, 9.17) is 0 Å². The fourth-order valence-corrected chi connectivity index (χ4v) is 4.95. The van der Waals surface area contributed by atoms with Gasteiger partial charge in [0.25, 0.3) is 0 Å². The quantitative estimate of drug-likeness (QED) is 0.589. The van der Waals surface area contributed by atoms with Crippen LogP contribution in [0.15, 0.2) is 60.7 Å². The van der Waals surface area contributed by atoms with Gasteiger partial charge in [-0.25, -0.2) is 0 Å². The van der Waals surface area contributed by atoms with Gasteiger partial charge >= 0.3 is 0 Å². The maximum absolute atomic E-state index is 12.6. The summed E-state index contributed by atoms with van der Waals surface area (Å²) in [6.07, 6.45) is 9.91. The number of piperidine rings is 1. The van der Waals surface area contributed by atoms with Gasteiger partial charge in [-0.15, -0.1) is 0 Å². The second-order valence-corrected chi connectivity index (χ2v) is 9.69. The minimum absolute atomic E-state index is 0.243. The van der Waals surface area contributed by atoms with Crippen molar-refractivity contribution < 1.29 is 4.79 Å². The van der Waals surface area contributed by atoms with E-state index < -0.39 is 0 Å². The molecule has 2 aliphatic rings. The Morgan fingerprint density at radius 1 is 1.09 bits per heavy atom. The highest BCUT2D eigenvalue weighted by molar-refractivity contribution is 5.82. The maximum Gasteiger partial charge on any atom is 0.223 e. The molecular formula is C28H37N3O. The summed E-state index contributed by atoms with van der Waals surface area (Å²) < 4.78 is 0. The smallest absolute Gasteiger partial charge is 0.223 e. The van der Waals surface area contributed by atoms with Gasteiger partial charge in [0.05, 0.1) is 0 Å². The first-order chi connectivity index (χ1) is 15.6. The van der Waals surface area contributed by atoms with Crippen molar-refractivity contribution in [1.29, 1.82) is 0 Å². The van der Waals surface area contributed by atoms with Crippen LogP contribution in [-0.2, 0) is 11.2 Å². The van der Waals surface area contributed by atoms with Gasteiger partial charge in [-0.1, -0.05) is 54.6 Å². The lowest BCUT2D eigenvalue weighted by Crippen LogP contribution is -2.37. The van der Waals surface area contributed by atoms with Crippen LogP contribution in [0, 0.1) is 11.3 Å². The average molecular weight is 432 g/mol. The van der Waals surface area contributed by atoms with Gasteiger partial charge in [-0.2, -0.15) is 0 Å². The van der Waals surface area contributed by atoms with Crippen molar-refractivity contribution in [2.45, 2.75) is 32.1 Å². The molecule has 1 spiro atoms. The molecule has 0 aromatic heterocycles. The van der Waals surface area contributed by atoms with E-state index in [0.29, 0.717) is 0 Å². The Kier molecular flexibility index (Phi) is 7.31. The van der Waals surface area contributed by atoms with E-state index in [2.05, 4.69) is 89.9 Å². The zero-order valence-electron chi connectivity index (χ0n) is 19.6.